The van der Waals surface area contributed by atoms with E-state index in [1.807, 2.05) is 0 Å². The van der Waals surface area contributed by atoms with Crippen LogP contribution < -0.4 is 5.73 Å². The molecule has 1 aromatic heterocycles. The van der Waals surface area contributed by atoms with Crippen LogP contribution in [-0.4, -0.2) is 9.78 Å². The van der Waals surface area contributed by atoms with Gasteiger partial charge in [-0.15, -0.1) is 0 Å². The molecule has 5 heteroatoms. The highest BCUT2D eigenvalue weighted by Gasteiger charge is 2.13. The number of hydrogen-bond acceptors (Lipinski definition) is 2. The molecule has 3 nitrogen and oxygen atoms in total. The summed E-state index contributed by atoms with van der Waals surface area (Å²) in [5.74, 6) is 0.278. The minimum atomic E-state index is -0.316. The Morgan fingerprint density at radius 2 is 2.16 bits per heavy atom. The molecule has 0 aliphatic rings. The predicted molar refractivity (Wildman–Crippen MR) is 79.2 cm³/mol. The van der Waals surface area contributed by atoms with Crippen molar-refractivity contribution in [3.63, 3.8) is 0 Å². The van der Waals surface area contributed by atoms with Gasteiger partial charge in [0, 0.05) is 22.8 Å². The molecular weight excluding hydrogens is 309 g/mol. The molecule has 1 aromatic carbocycles. The monoisotopic (exact) mass is 325 g/mol. The van der Waals surface area contributed by atoms with Crippen molar-refractivity contribution < 1.29 is 4.39 Å². The fraction of sp³-hybridized carbons (Fsp3) is 0.357. The van der Waals surface area contributed by atoms with E-state index in [0.717, 1.165) is 17.4 Å². The summed E-state index contributed by atoms with van der Waals surface area (Å²) >= 11 is 3.33. The molecule has 2 aromatic rings. The van der Waals surface area contributed by atoms with Gasteiger partial charge in [-0.05, 0) is 30.5 Å². The smallest absolute Gasteiger partial charge is 0.132 e. The van der Waals surface area contributed by atoms with Crippen molar-refractivity contribution in [2.45, 2.75) is 26.8 Å². The van der Waals surface area contributed by atoms with Crippen molar-refractivity contribution in [3.8, 4) is 11.3 Å². The van der Waals surface area contributed by atoms with Gasteiger partial charge in [-0.3, -0.25) is 4.68 Å². The average Bonchev–Trinajstić information content (AvgIpc) is 2.71. The van der Waals surface area contributed by atoms with E-state index in [1.54, 1.807) is 23.0 Å². The molecule has 102 valence electrons. The van der Waals surface area contributed by atoms with Gasteiger partial charge in [-0.1, -0.05) is 29.8 Å². The maximum absolute atomic E-state index is 13.8. The summed E-state index contributed by atoms with van der Waals surface area (Å²) < 4.78 is 16.4. The van der Waals surface area contributed by atoms with Crippen molar-refractivity contribution in [2.75, 3.05) is 5.73 Å². The zero-order chi connectivity index (χ0) is 14.0. The van der Waals surface area contributed by atoms with Crippen molar-refractivity contribution in [3.05, 3.63) is 34.7 Å². The third-order valence-corrected chi connectivity index (χ3v) is 3.40. The highest BCUT2D eigenvalue weighted by Crippen LogP contribution is 2.29. The van der Waals surface area contributed by atoms with Gasteiger partial charge in [0.2, 0.25) is 0 Å². The van der Waals surface area contributed by atoms with Crippen molar-refractivity contribution in [1.82, 2.24) is 9.78 Å². The van der Waals surface area contributed by atoms with E-state index < -0.39 is 0 Å². The maximum atomic E-state index is 13.8. The molecule has 0 aliphatic heterocycles. The van der Waals surface area contributed by atoms with Gasteiger partial charge in [0.15, 0.2) is 0 Å². The average molecular weight is 326 g/mol. The Morgan fingerprint density at radius 1 is 1.42 bits per heavy atom. The van der Waals surface area contributed by atoms with E-state index in [2.05, 4.69) is 34.9 Å². The summed E-state index contributed by atoms with van der Waals surface area (Å²) in [6, 6.07) is 4.76. The molecule has 0 unspecified atom stereocenters. The third-order valence-electron chi connectivity index (χ3n) is 2.91. The molecule has 0 radical (unpaired) electrons. The lowest BCUT2D eigenvalue weighted by Gasteiger charge is -2.04. The first kappa shape index (κ1) is 14.1. The molecule has 0 amide bonds. The Bertz CT molecular complexity index is 578. The van der Waals surface area contributed by atoms with Crippen LogP contribution in [0.4, 0.5) is 10.1 Å². The molecule has 2 rings (SSSR count). The number of aromatic nitrogens is 2. The Balaban J connectivity index is 2.32. The molecule has 19 heavy (non-hydrogen) atoms. The highest BCUT2D eigenvalue weighted by atomic mass is 79.9. The largest absolute Gasteiger partial charge is 0.396 e. The van der Waals surface area contributed by atoms with Gasteiger partial charge >= 0.3 is 0 Å². The minimum Gasteiger partial charge on any atom is -0.396 e. The Morgan fingerprint density at radius 3 is 2.84 bits per heavy atom. The summed E-state index contributed by atoms with van der Waals surface area (Å²) in [5, 5.41) is 4.38. The third kappa shape index (κ3) is 3.35. The van der Waals surface area contributed by atoms with Gasteiger partial charge in [0.1, 0.15) is 11.5 Å². The van der Waals surface area contributed by atoms with Crippen LogP contribution in [0.5, 0.6) is 0 Å². The van der Waals surface area contributed by atoms with E-state index in [4.69, 9.17) is 5.73 Å². The highest BCUT2D eigenvalue weighted by molar-refractivity contribution is 9.10. The molecule has 0 bridgehead atoms. The summed E-state index contributed by atoms with van der Waals surface area (Å²) in [6.45, 7) is 5.10. The van der Waals surface area contributed by atoms with Crippen LogP contribution >= 0.6 is 15.9 Å². The van der Waals surface area contributed by atoms with Crippen LogP contribution in [0.3, 0.4) is 0 Å². The number of rotatable bonds is 4. The first-order valence-corrected chi connectivity index (χ1v) is 7.05. The number of halogens is 2. The van der Waals surface area contributed by atoms with Crippen molar-refractivity contribution in [2.24, 2.45) is 5.92 Å². The van der Waals surface area contributed by atoms with Gasteiger partial charge in [-0.2, -0.15) is 5.10 Å². The molecule has 0 fully saturated rings. The van der Waals surface area contributed by atoms with E-state index in [9.17, 15) is 4.39 Å². The van der Waals surface area contributed by atoms with E-state index in [1.165, 1.54) is 6.07 Å². The number of hydrogen-bond donors (Lipinski definition) is 1. The molecule has 0 aliphatic carbocycles. The number of anilines is 1. The normalized spacial score (nSPS) is 11.2. The lowest BCUT2D eigenvalue weighted by atomic mass is 10.1. The van der Waals surface area contributed by atoms with E-state index in [0.29, 0.717) is 22.9 Å². The number of aryl methyl sites for hydroxylation is 1. The Labute approximate surface area is 120 Å². The zero-order valence-electron chi connectivity index (χ0n) is 11.0. The fourth-order valence-electron chi connectivity index (χ4n) is 1.83. The fourth-order valence-corrected chi connectivity index (χ4v) is 2.19. The SMILES string of the molecule is CC(C)CCn1cc(N)c(-c2cc(Br)ccc2F)n1. The first-order valence-electron chi connectivity index (χ1n) is 6.25. The maximum Gasteiger partial charge on any atom is 0.132 e. The van der Waals surface area contributed by atoms with Gasteiger partial charge in [-0.25, -0.2) is 4.39 Å². The van der Waals surface area contributed by atoms with Crippen LogP contribution in [0.1, 0.15) is 20.3 Å². The van der Waals surface area contributed by atoms with E-state index >= 15 is 0 Å². The number of nitrogens with two attached hydrogens (primary N) is 1. The second-order valence-corrected chi connectivity index (χ2v) is 5.92. The van der Waals surface area contributed by atoms with Crippen molar-refractivity contribution in [1.29, 1.82) is 0 Å². The molecule has 1 heterocycles. The van der Waals surface area contributed by atoms with Crippen molar-refractivity contribution >= 4 is 21.6 Å². The van der Waals surface area contributed by atoms with Crippen LogP contribution in [0, 0.1) is 11.7 Å². The quantitative estimate of drug-likeness (QED) is 0.920. The molecule has 0 spiro atoms. The van der Waals surface area contributed by atoms with Crippen LogP contribution in [0.25, 0.3) is 11.3 Å². The van der Waals surface area contributed by atoms with Gasteiger partial charge < -0.3 is 5.73 Å². The molecule has 0 saturated heterocycles. The minimum absolute atomic E-state index is 0.316. The number of nitrogen functional groups attached to an aromatic ring is 1. The summed E-state index contributed by atoms with van der Waals surface area (Å²) in [6.07, 6.45) is 2.78. The second-order valence-electron chi connectivity index (χ2n) is 5.00. The van der Waals surface area contributed by atoms with E-state index in [-0.39, 0.29) is 5.82 Å². The summed E-state index contributed by atoms with van der Waals surface area (Å²) in [4.78, 5) is 0. The number of benzene rings is 1. The van der Waals surface area contributed by atoms with Crippen LogP contribution in [0.2, 0.25) is 0 Å². The molecule has 0 atom stereocenters. The summed E-state index contributed by atoms with van der Waals surface area (Å²) in [5.41, 5.74) is 7.36. The first-order chi connectivity index (χ1) is 8.97. The number of nitrogens with zero attached hydrogens (tertiary/aromatic N) is 2. The zero-order valence-corrected chi connectivity index (χ0v) is 12.6. The lowest BCUT2D eigenvalue weighted by Crippen LogP contribution is -2.02. The second kappa shape index (κ2) is 5.74. The molecule has 2 N–H and O–H groups in total. The van der Waals surface area contributed by atoms with Gasteiger partial charge in [0.05, 0.1) is 5.69 Å². The summed E-state index contributed by atoms with van der Waals surface area (Å²) in [7, 11) is 0. The Kier molecular flexibility index (Phi) is 4.24. The predicted octanol–water partition coefficient (Wildman–Crippen LogP) is 4.08. The lowest BCUT2D eigenvalue weighted by molar-refractivity contribution is 0.488. The van der Waals surface area contributed by atoms with Crippen LogP contribution in [0.15, 0.2) is 28.9 Å². The standard InChI is InChI=1S/C14H17BrFN3/c1-9(2)5-6-19-8-13(17)14(18-19)11-7-10(15)3-4-12(11)16/h3-4,7-9H,5-6,17H2,1-2H3. The molecule has 0 saturated carbocycles. The molecular formula is C14H17BrFN3. The van der Waals surface area contributed by atoms with Crippen LogP contribution in [-0.2, 0) is 6.54 Å². The van der Waals surface area contributed by atoms with Gasteiger partial charge in [0.25, 0.3) is 0 Å². The topological polar surface area (TPSA) is 43.8 Å². The Hall–Kier alpha value is -1.36.